The van der Waals surface area contributed by atoms with Crippen molar-refractivity contribution in [2.75, 3.05) is 10.8 Å². The van der Waals surface area contributed by atoms with Gasteiger partial charge in [0, 0.05) is 12.1 Å². The van der Waals surface area contributed by atoms with Crippen LogP contribution in [-0.4, -0.2) is 43.3 Å². The lowest BCUT2D eigenvalue weighted by Crippen LogP contribution is -2.54. The molecule has 0 bridgehead atoms. The molecule has 3 aromatic rings. The second-order valence-corrected chi connectivity index (χ2v) is 13.2. The molecule has 0 spiro atoms. The molecular formula is C28H29Cl3FN3O4S. The molecule has 7 nitrogen and oxygen atoms in total. The summed E-state index contributed by atoms with van der Waals surface area (Å²) in [7, 11) is -4.31. The highest BCUT2D eigenvalue weighted by Crippen LogP contribution is 2.29. The number of sulfonamides is 1. The molecule has 1 unspecified atom stereocenters. The predicted octanol–water partition coefficient (Wildman–Crippen LogP) is 6.31. The fraction of sp³-hybridized carbons (Fsp3) is 0.286. The van der Waals surface area contributed by atoms with E-state index in [1.165, 1.54) is 23.1 Å². The van der Waals surface area contributed by atoms with Crippen LogP contribution in [0.5, 0.6) is 0 Å². The number of amides is 2. The maximum Gasteiger partial charge on any atom is 0.264 e. The number of nitrogens with one attached hydrogen (secondary N) is 1. The van der Waals surface area contributed by atoms with Crippen LogP contribution < -0.4 is 9.62 Å². The Bertz CT molecular complexity index is 1500. The standard InChI is InChI=1S/C28H29Cl3FN3O4S/c1-18(27(37)33-28(2,3)4)34(16-19-10-12-22(29)23(30)14-19)26(36)17-35(20-11-13-25(32)24(31)15-20)40(38,39)21-8-6-5-7-9-21/h5-15,18H,16-17H2,1-4H3,(H,33,37). The molecule has 2 amide bonds. The number of hydrogen-bond acceptors (Lipinski definition) is 4. The number of halogens is 4. The largest absolute Gasteiger partial charge is 0.350 e. The van der Waals surface area contributed by atoms with Crippen LogP contribution >= 0.6 is 34.8 Å². The lowest BCUT2D eigenvalue weighted by Gasteiger charge is -2.33. The summed E-state index contributed by atoms with van der Waals surface area (Å²) in [5, 5.41) is 3.10. The van der Waals surface area contributed by atoms with Crippen molar-refractivity contribution in [1.29, 1.82) is 0 Å². The van der Waals surface area contributed by atoms with Gasteiger partial charge in [-0.05, 0) is 75.7 Å². The minimum atomic E-state index is -4.31. The van der Waals surface area contributed by atoms with Gasteiger partial charge in [-0.2, -0.15) is 0 Å². The number of carbonyl (C=O) groups excluding carboxylic acids is 2. The fourth-order valence-corrected chi connectivity index (χ4v) is 5.70. The van der Waals surface area contributed by atoms with E-state index < -0.39 is 45.8 Å². The maximum atomic E-state index is 14.0. The van der Waals surface area contributed by atoms with E-state index in [-0.39, 0.29) is 27.2 Å². The van der Waals surface area contributed by atoms with Gasteiger partial charge in [0.05, 0.1) is 25.7 Å². The number of carbonyl (C=O) groups is 2. The summed E-state index contributed by atoms with van der Waals surface area (Å²) >= 11 is 18.2. The summed E-state index contributed by atoms with van der Waals surface area (Å²) in [6.45, 7) is 6.17. The molecule has 0 saturated heterocycles. The molecule has 0 aromatic heterocycles. The average molecular weight is 629 g/mol. The van der Waals surface area contributed by atoms with Crippen LogP contribution in [0.3, 0.4) is 0 Å². The van der Waals surface area contributed by atoms with Crippen molar-refractivity contribution in [3.63, 3.8) is 0 Å². The lowest BCUT2D eigenvalue weighted by atomic mass is 10.1. The van der Waals surface area contributed by atoms with E-state index in [4.69, 9.17) is 34.8 Å². The molecule has 214 valence electrons. The number of rotatable bonds is 9. The Hall–Kier alpha value is -2.85. The molecule has 0 aliphatic rings. The third-order valence-electron chi connectivity index (χ3n) is 5.80. The van der Waals surface area contributed by atoms with Crippen molar-refractivity contribution >= 4 is 62.3 Å². The summed E-state index contributed by atoms with van der Waals surface area (Å²) in [5.74, 6) is -1.88. The maximum absolute atomic E-state index is 14.0. The topological polar surface area (TPSA) is 86.8 Å². The molecule has 0 aliphatic heterocycles. The van der Waals surface area contributed by atoms with E-state index in [0.717, 1.165) is 16.4 Å². The first-order valence-corrected chi connectivity index (χ1v) is 14.8. The van der Waals surface area contributed by atoms with Crippen LogP contribution in [0, 0.1) is 5.82 Å². The van der Waals surface area contributed by atoms with E-state index in [9.17, 15) is 22.4 Å². The quantitative estimate of drug-likeness (QED) is 0.301. The Morgan fingerprint density at radius 1 is 0.925 bits per heavy atom. The summed E-state index contributed by atoms with van der Waals surface area (Å²) in [5.41, 5.74) is -0.0395. The van der Waals surface area contributed by atoms with Crippen LogP contribution in [-0.2, 0) is 26.2 Å². The molecule has 0 aliphatic carbocycles. The van der Waals surface area contributed by atoms with E-state index in [2.05, 4.69) is 5.32 Å². The van der Waals surface area contributed by atoms with E-state index >= 15 is 0 Å². The SMILES string of the molecule is CC(C(=O)NC(C)(C)C)N(Cc1ccc(Cl)c(Cl)c1)C(=O)CN(c1ccc(F)c(Cl)c1)S(=O)(=O)c1ccccc1. The molecule has 0 radical (unpaired) electrons. The van der Waals surface area contributed by atoms with Crippen molar-refractivity contribution in [1.82, 2.24) is 10.2 Å². The first kappa shape index (κ1) is 31.7. The van der Waals surface area contributed by atoms with Crippen LogP contribution in [0.15, 0.2) is 71.6 Å². The molecule has 0 saturated carbocycles. The molecular weight excluding hydrogens is 600 g/mol. The molecule has 1 atom stereocenters. The van der Waals surface area contributed by atoms with Gasteiger partial charge in [-0.25, -0.2) is 12.8 Å². The van der Waals surface area contributed by atoms with Crippen molar-refractivity contribution < 1.29 is 22.4 Å². The van der Waals surface area contributed by atoms with Gasteiger partial charge in [0.15, 0.2) is 0 Å². The van der Waals surface area contributed by atoms with Gasteiger partial charge >= 0.3 is 0 Å². The fourth-order valence-electron chi connectivity index (χ4n) is 3.78. The Labute approximate surface area is 248 Å². The van der Waals surface area contributed by atoms with E-state index in [1.54, 1.807) is 64.1 Å². The first-order valence-electron chi connectivity index (χ1n) is 12.2. The monoisotopic (exact) mass is 627 g/mol. The molecule has 40 heavy (non-hydrogen) atoms. The molecule has 1 N–H and O–H groups in total. The third-order valence-corrected chi connectivity index (χ3v) is 8.62. The van der Waals surface area contributed by atoms with Crippen molar-refractivity contribution in [2.24, 2.45) is 0 Å². The lowest BCUT2D eigenvalue weighted by molar-refractivity contribution is -0.140. The van der Waals surface area contributed by atoms with E-state index in [1.807, 2.05) is 0 Å². The van der Waals surface area contributed by atoms with Gasteiger partial charge in [0.1, 0.15) is 18.4 Å². The van der Waals surface area contributed by atoms with Gasteiger partial charge in [-0.1, -0.05) is 59.1 Å². The van der Waals surface area contributed by atoms with Crippen LogP contribution in [0.1, 0.15) is 33.3 Å². The van der Waals surface area contributed by atoms with E-state index in [0.29, 0.717) is 10.6 Å². The van der Waals surface area contributed by atoms with Crippen molar-refractivity contribution in [3.05, 3.63) is 93.2 Å². The third kappa shape index (κ3) is 7.87. The minimum absolute atomic E-state index is 0.0233. The number of hydrogen-bond donors (Lipinski definition) is 1. The molecule has 3 aromatic carbocycles. The zero-order valence-corrected chi connectivity index (χ0v) is 25.4. The average Bonchev–Trinajstić information content (AvgIpc) is 2.88. The van der Waals surface area contributed by atoms with Crippen LogP contribution in [0.2, 0.25) is 15.1 Å². The van der Waals surface area contributed by atoms with Crippen molar-refractivity contribution in [3.8, 4) is 0 Å². The Balaban J connectivity index is 2.06. The highest BCUT2D eigenvalue weighted by atomic mass is 35.5. The van der Waals surface area contributed by atoms with Crippen molar-refractivity contribution in [2.45, 2.75) is 50.7 Å². The smallest absolute Gasteiger partial charge is 0.264 e. The Morgan fingerprint density at radius 3 is 2.15 bits per heavy atom. The summed E-state index contributed by atoms with van der Waals surface area (Å²) in [6.07, 6.45) is 0. The van der Waals surface area contributed by atoms with Gasteiger partial charge in [-0.15, -0.1) is 0 Å². The number of benzene rings is 3. The summed E-state index contributed by atoms with van der Waals surface area (Å²) < 4.78 is 42.3. The summed E-state index contributed by atoms with van der Waals surface area (Å²) in [4.78, 5) is 28.2. The normalized spacial score (nSPS) is 12.5. The number of anilines is 1. The highest BCUT2D eigenvalue weighted by molar-refractivity contribution is 7.92. The second kappa shape index (κ2) is 12.8. The van der Waals surface area contributed by atoms with Crippen LogP contribution in [0.4, 0.5) is 10.1 Å². The van der Waals surface area contributed by atoms with Gasteiger partial charge in [0.2, 0.25) is 11.8 Å². The Kier molecular flexibility index (Phi) is 10.1. The molecule has 12 heteroatoms. The minimum Gasteiger partial charge on any atom is -0.350 e. The van der Waals surface area contributed by atoms with Gasteiger partial charge < -0.3 is 10.2 Å². The zero-order chi connectivity index (χ0) is 29.8. The molecule has 0 fully saturated rings. The predicted molar refractivity (Wildman–Crippen MR) is 157 cm³/mol. The van der Waals surface area contributed by atoms with Gasteiger partial charge in [-0.3, -0.25) is 13.9 Å². The molecule has 0 heterocycles. The highest BCUT2D eigenvalue weighted by Gasteiger charge is 2.33. The summed E-state index contributed by atoms with van der Waals surface area (Å²) in [6, 6.07) is 14.6. The van der Waals surface area contributed by atoms with Gasteiger partial charge in [0.25, 0.3) is 10.0 Å². The van der Waals surface area contributed by atoms with Crippen LogP contribution in [0.25, 0.3) is 0 Å². The first-order chi connectivity index (χ1) is 18.6. The zero-order valence-electron chi connectivity index (χ0n) is 22.3. The second-order valence-electron chi connectivity index (χ2n) is 10.1. The number of nitrogens with zero attached hydrogens (tertiary/aromatic N) is 2. The Morgan fingerprint density at radius 2 is 1.57 bits per heavy atom. The molecule has 3 rings (SSSR count).